The molecule has 0 aliphatic carbocycles. The van der Waals surface area contributed by atoms with Crippen molar-refractivity contribution in [3.8, 4) is 0 Å². The fraction of sp³-hybridized carbons (Fsp3) is 0.333. The number of carbonyl (C=O) groups is 2. The summed E-state index contributed by atoms with van der Waals surface area (Å²) in [5.41, 5.74) is 0.647. The number of carbonyl (C=O) groups excluding carboxylic acids is 2. The second-order valence-electron chi connectivity index (χ2n) is 3.70. The van der Waals surface area contributed by atoms with Crippen LogP contribution in [0.5, 0.6) is 0 Å². The third-order valence-corrected chi connectivity index (χ3v) is 4.14. The lowest BCUT2D eigenvalue weighted by Gasteiger charge is -2.14. The summed E-state index contributed by atoms with van der Waals surface area (Å²) in [7, 11) is 0. The van der Waals surface area contributed by atoms with Crippen LogP contribution in [0, 0.1) is 0 Å². The maximum atomic E-state index is 12.1. The molecule has 0 saturated carbocycles. The van der Waals surface area contributed by atoms with Gasteiger partial charge in [0.1, 0.15) is 0 Å². The van der Waals surface area contributed by atoms with Crippen molar-refractivity contribution < 1.29 is 9.59 Å². The summed E-state index contributed by atoms with van der Waals surface area (Å²) in [4.78, 5) is 25.2. The highest BCUT2D eigenvalue weighted by molar-refractivity contribution is 9.10. The molecule has 2 amide bonds. The quantitative estimate of drug-likeness (QED) is 0.805. The summed E-state index contributed by atoms with van der Waals surface area (Å²) in [5.74, 6) is 0.634. The minimum Gasteiger partial charge on any atom is -0.274 e. The first-order chi connectivity index (χ1) is 8.13. The van der Waals surface area contributed by atoms with Gasteiger partial charge >= 0.3 is 0 Å². The average molecular weight is 314 g/mol. The van der Waals surface area contributed by atoms with E-state index in [0.29, 0.717) is 12.1 Å². The standard InChI is InChI=1S/C12H12BrNO2S/c1-2-17-10-7-11(15)14(12(10)16)9-5-3-4-8(13)6-9/h3-6,10H,2,7H2,1H3. The molecule has 1 unspecified atom stereocenters. The number of rotatable bonds is 3. The van der Waals surface area contributed by atoms with E-state index in [1.807, 2.05) is 19.1 Å². The van der Waals surface area contributed by atoms with Crippen LogP contribution < -0.4 is 4.90 Å². The van der Waals surface area contributed by atoms with Gasteiger partial charge in [-0.1, -0.05) is 28.9 Å². The van der Waals surface area contributed by atoms with Crippen LogP contribution >= 0.6 is 27.7 Å². The zero-order chi connectivity index (χ0) is 12.4. The number of anilines is 1. The number of imide groups is 1. The molecule has 0 bridgehead atoms. The first kappa shape index (κ1) is 12.6. The Morgan fingerprint density at radius 2 is 2.24 bits per heavy atom. The van der Waals surface area contributed by atoms with Gasteiger partial charge in [-0.2, -0.15) is 0 Å². The van der Waals surface area contributed by atoms with E-state index in [4.69, 9.17) is 0 Å². The van der Waals surface area contributed by atoms with Gasteiger partial charge in [-0.25, -0.2) is 4.90 Å². The number of amides is 2. The molecule has 0 aromatic heterocycles. The van der Waals surface area contributed by atoms with Crippen molar-refractivity contribution >= 4 is 45.2 Å². The van der Waals surface area contributed by atoms with Gasteiger partial charge in [-0.15, -0.1) is 11.8 Å². The van der Waals surface area contributed by atoms with E-state index >= 15 is 0 Å². The maximum absolute atomic E-state index is 12.1. The number of benzene rings is 1. The molecule has 0 spiro atoms. The molecule has 90 valence electrons. The highest BCUT2D eigenvalue weighted by atomic mass is 79.9. The van der Waals surface area contributed by atoms with Gasteiger partial charge in [0.25, 0.3) is 0 Å². The third kappa shape index (κ3) is 2.55. The van der Waals surface area contributed by atoms with E-state index < -0.39 is 0 Å². The van der Waals surface area contributed by atoms with Crippen LogP contribution in [0.15, 0.2) is 28.7 Å². The van der Waals surface area contributed by atoms with Crippen molar-refractivity contribution in [1.29, 1.82) is 0 Å². The lowest BCUT2D eigenvalue weighted by atomic mass is 10.3. The molecule has 1 aromatic carbocycles. The fourth-order valence-corrected chi connectivity index (χ4v) is 3.12. The molecular formula is C12H12BrNO2S. The van der Waals surface area contributed by atoms with Crippen LogP contribution in [0.4, 0.5) is 5.69 Å². The minimum absolute atomic E-state index is 0.0973. The Hall–Kier alpha value is -0.810. The fourth-order valence-electron chi connectivity index (χ4n) is 1.82. The summed E-state index contributed by atoms with van der Waals surface area (Å²) in [6.45, 7) is 1.99. The summed E-state index contributed by atoms with van der Waals surface area (Å²) in [5, 5.41) is -0.216. The Labute approximate surface area is 113 Å². The highest BCUT2D eigenvalue weighted by Crippen LogP contribution is 2.30. The van der Waals surface area contributed by atoms with Crippen molar-refractivity contribution in [3.05, 3.63) is 28.7 Å². The van der Waals surface area contributed by atoms with Crippen LogP contribution in [-0.4, -0.2) is 22.8 Å². The van der Waals surface area contributed by atoms with E-state index in [2.05, 4.69) is 15.9 Å². The number of thioether (sulfide) groups is 1. The van der Waals surface area contributed by atoms with Crippen LogP contribution in [0.25, 0.3) is 0 Å². The van der Waals surface area contributed by atoms with Crippen molar-refractivity contribution in [1.82, 2.24) is 0 Å². The van der Waals surface area contributed by atoms with E-state index in [9.17, 15) is 9.59 Å². The number of nitrogens with zero attached hydrogens (tertiary/aromatic N) is 1. The van der Waals surface area contributed by atoms with Gasteiger partial charge in [0.05, 0.1) is 10.9 Å². The molecule has 1 atom stereocenters. The van der Waals surface area contributed by atoms with Gasteiger partial charge in [-0.05, 0) is 24.0 Å². The normalized spacial score (nSPS) is 20.1. The molecule has 5 heteroatoms. The summed E-state index contributed by atoms with van der Waals surface area (Å²) in [6, 6.07) is 7.25. The van der Waals surface area contributed by atoms with Gasteiger partial charge in [0.2, 0.25) is 11.8 Å². The molecule has 2 rings (SSSR count). The lowest BCUT2D eigenvalue weighted by Crippen LogP contribution is -2.31. The second kappa shape index (κ2) is 5.23. The summed E-state index contributed by atoms with van der Waals surface area (Å²) < 4.78 is 0.863. The van der Waals surface area contributed by atoms with Crippen molar-refractivity contribution in [3.63, 3.8) is 0 Å². The van der Waals surface area contributed by atoms with Crippen LogP contribution in [0.3, 0.4) is 0 Å². The first-order valence-electron chi connectivity index (χ1n) is 5.37. The zero-order valence-corrected chi connectivity index (χ0v) is 11.8. The molecule has 1 aliphatic rings. The van der Waals surface area contributed by atoms with Crippen LogP contribution in [0.1, 0.15) is 13.3 Å². The Balaban J connectivity index is 2.27. The Morgan fingerprint density at radius 1 is 1.47 bits per heavy atom. The predicted molar refractivity (Wildman–Crippen MR) is 73.2 cm³/mol. The largest absolute Gasteiger partial charge is 0.274 e. The van der Waals surface area contributed by atoms with E-state index in [0.717, 1.165) is 10.2 Å². The second-order valence-corrected chi connectivity index (χ2v) is 6.09. The molecule has 0 radical (unpaired) electrons. The SMILES string of the molecule is CCSC1CC(=O)N(c2cccc(Br)c2)C1=O. The van der Waals surface area contributed by atoms with E-state index in [1.54, 1.807) is 12.1 Å². The Bertz CT molecular complexity index is 464. The van der Waals surface area contributed by atoms with E-state index in [-0.39, 0.29) is 17.1 Å². The summed E-state index contributed by atoms with van der Waals surface area (Å²) in [6.07, 6.45) is 0.309. The van der Waals surface area contributed by atoms with Crippen molar-refractivity contribution in [2.24, 2.45) is 0 Å². The van der Waals surface area contributed by atoms with Crippen molar-refractivity contribution in [2.45, 2.75) is 18.6 Å². The van der Waals surface area contributed by atoms with Crippen molar-refractivity contribution in [2.75, 3.05) is 10.7 Å². The minimum atomic E-state index is -0.216. The third-order valence-electron chi connectivity index (χ3n) is 2.54. The number of hydrogen-bond acceptors (Lipinski definition) is 3. The smallest absolute Gasteiger partial charge is 0.247 e. The molecule has 1 aliphatic heterocycles. The number of halogens is 1. The first-order valence-corrected chi connectivity index (χ1v) is 7.21. The monoisotopic (exact) mass is 313 g/mol. The molecule has 1 saturated heterocycles. The molecule has 1 aromatic rings. The molecule has 1 fully saturated rings. The highest BCUT2D eigenvalue weighted by Gasteiger charge is 2.39. The predicted octanol–water partition coefficient (Wildman–Crippen LogP) is 2.83. The lowest BCUT2D eigenvalue weighted by molar-refractivity contribution is -0.121. The van der Waals surface area contributed by atoms with Gasteiger partial charge < -0.3 is 0 Å². The van der Waals surface area contributed by atoms with Gasteiger partial charge in [0, 0.05) is 10.9 Å². The Kier molecular flexibility index (Phi) is 3.89. The molecule has 3 nitrogen and oxygen atoms in total. The summed E-state index contributed by atoms with van der Waals surface area (Å²) >= 11 is 4.87. The zero-order valence-electron chi connectivity index (χ0n) is 9.35. The maximum Gasteiger partial charge on any atom is 0.247 e. The van der Waals surface area contributed by atoms with Gasteiger partial charge in [-0.3, -0.25) is 9.59 Å². The van der Waals surface area contributed by atoms with Crippen LogP contribution in [0.2, 0.25) is 0 Å². The van der Waals surface area contributed by atoms with Crippen LogP contribution in [-0.2, 0) is 9.59 Å². The topological polar surface area (TPSA) is 37.4 Å². The van der Waals surface area contributed by atoms with E-state index in [1.165, 1.54) is 16.7 Å². The molecule has 0 N–H and O–H groups in total. The molecular weight excluding hydrogens is 302 g/mol. The molecule has 17 heavy (non-hydrogen) atoms. The average Bonchev–Trinajstić information content (AvgIpc) is 2.55. The molecule has 1 heterocycles. The number of hydrogen-bond donors (Lipinski definition) is 0. The Morgan fingerprint density at radius 3 is 2.88 bits per heavy atom. The van der Waals surface area contributed by atoms with Gasteiger partial charge in [0.15, 0.2) is 0 Å².